The molecule has 1 aromatic heterocycles. The van der Waals surface area contributed by atoms with Crippen LogP contribution in [0.25, 0.3) is 0 Å². The molecule has 0 amide bonds. The smallest absolute Gasteiger partial charge is 0.226 e. The lowest BCUT2D eigenvalue weighted by molar-refractivity contribution is -0.116. The Labute approximate surface area is 184 Å². The number of aliphatic hydroxyl groups is 1. The van der Waals surface area contributed by atoms with E-state index in [1.807, 2.05) is 36.4 Å². The van der Waals surface area contributed by atoms with Crippen molar-refractivity contribution in [2.75, 3.05) is 18.5 Å². The molecule has 3 aromatic rings. The van der Waals surface area contributed by atoms with Gasteiger partial charge in [0.15, 0.2) is 23.1 Å². The van der Waals surface area contributed by atoms with E-state index in [0.29, 0.717) is 54.9 Å². The fourth-order valence-corrected chi connectivity index (χ4v) is 4.82. The van der Waals surface area contributed by atoms with Gasteiger partial charge in [0.05, 0.1) is 0 Å². The van der Waals surface area contributed by atoms with E-state index in [9.17, 15) is 9.90 Å². The predicted octanol–water partition coefficient (Wildman–Crippen LogP) is 2.96. The Morgan fingerprint density at radius 2 is 1.84 bits per heavy atom. The average molecular weight is 430 g/mol. The van der Waals surface area contributed by atoms with Gasteiger partial charge in [-0.3, -0.25) is 4.79 Å². The first kappa shape index (κ1) is 19.1. The molecule has 2 N–H and O–H groups in total. The van der Waals surface area contributed by atoms with Crippen LogP contribution >= 0.6 is 0 Å². The molecule has 2 atom stereocenters. The summed E-state index contributed by atoms with van der Waals surface area (Å²) in [4.78, 5) is 17.9. The quantitative estimate of drug-likeness (QED) is 0.659. The summed E-state index contributed by atoms with van der Waals surface area (Å²) in [6, 6.07) is 15.4. The number of nitrogens with one attached hydrogen (secondary N) is 1. The van der Waals surface area contributed by atoms with E-state index in [-0.39, 0.29) is 18.3 Å². The van der Waals surface area contributed by atoms with Crippen LogP contribution in [-0.2, 0) is 11.4 Å². The minimum absolute atomic E-state index is 0.0826. The summed E-state index contributed by atoms with van der Waals surface area (Å²) in [6.07, 6.45) is 1.13. The number of hydrogen-bond acceptors (Lipinski definition) is 7. The lowest BCUT2D eigenvalue weighted by atomic mass is 9.78. The van der Waals surface area contributed by atoms with E-state index in [4.69, 9.17) is 9.47 Å². The molecule has 8 heteroatoms. The number of hydrogen-bond donors (Lipinski definition) is 2. The van der Waals surface area contributed by atoms with Crippen molar-refractivity contribution in [3.8, 4) is 11.5 Å². The van der Waals surface area contributed by atoms with Gasteiger partial charge in [0, 0.05) is 17.7 Å². The number of ether oxygens (including phenoxy) is 2. The van der Waals surface area contributed by atoms with Gasteiger partial charge >= 0.3 is 0 Å². The van der Waals surface area contributed by atoms with E-state index in [1.165, 1.54) is 0 Å². The fraction of sp³-hybridized carbons (Fsp3) is 0.292. The van der Waals surface area contributed by atoms with Crippen molar-refractivity contribution in [2.45, 2.75) is 31.4 Å². The number of anilines is 1. The largest absolute Gasteiger partial charge is 0.486 e. The van der Waals surface area contributed by atoms with Gasteiger partial charge in [0.2, 0.25) is 5.95 Å². The molecule has 0 saturated carbocycles. The third-order valence-corrected chi connectivity index (χ3v) is 6.26. The maximum atomic E-state index is 13.5. The monoisotopic (exact) mass is 430 g/mol. The third kappa shape index (κ3) is 3.06. The topological polar surface area (TPSA) is 98.5 Å². The molecule has 8 nitrogen and oxygen atoms in total. The molecular weight excluding hydrogens is 408 g/mol. The Balaban J connectivity index is 1.47. The molecule has 0 saturated heterocycles. The molecule has 6 rings (SSSR count). The lowest BCUT2D eigenvalue weighted by Gasteiger charge is -2.35. The second kappa shape index (κ2) is 7.49. The van der Waals surface area contributed by atoms with Gasteiger partial charge in [0.1, 0.15) is 25.9 Å². The van der Waals surface area contributed by atoms with Crippen molar-refractivity contribution < 1.29 is 19.4 Å². The van der Waals surface area contributed by atoms with Crippen LogP contribution in [0.15, 0.2) is 59.8 Å². The van der Waals surface area contributed by atoms with Crippen LogP contribution in [0.5, 0.6) is 11.5 Å². The number of carbonyl (C=O) groups is 1. The number of fused-ring (bicyclic) bond motifs is 2. The zero-order chi connectivity index (χ0) is 21.7. The number of aliphatic hydroxyl groups excluding tert-OH is 1. The molecular formula is C24H22N4O4. The van der Waals surface area contributed by atoms with Gasteiger partial charge in [-0.15, -0.1) is 0 Å². The Kier molecular flexibility index (Phi) is 4.46. The molecule has 2 unspecified atom stereocenters. The van der Waals surface area contributed by atoms with Crippen molar-refractivity contribution in [3.63, 3.8) is 0 Å². The van der Waals surface area contributed by atoms with Crippen LogP contribution in [0, 0.1) is 0 Å². The van der Waals surface area contributed by atoms with Gasteiger partial charge in [-0.2, -0.15) is 10.1 Å². The molecule has 3 aliphatic rings. The van der Waals surface area contributed by atoms with Crippen LogP contribution in [0.1, 0.15) is 41.8 Å². The van der Waals surface area contributed by atoms with Crippen LogP contribution in [0.3, 0.4) is 0 Å². The first-order chi connectivity index (χ1) is 15.7. The Morgan fingerprint density at radius 3 is 2.66 bits per heavy atom. The van der Waals surface area contributed by atoms with Crippen molar-refractivity contribution in [1.29, 1.82) is 0 Å². The first-order valence-electron chi connectivity index (χ1n) is 10.8. The molecule has 0 fully saturated rings. The number of carbonyl (C=O) groups excluding carboxylic acids is 1. The normalized spacial score (nSPS) is 21.6. The highest BCUT2D eigenvalue weighted by Crippen LogP contribution is 2.45. The number of aromatic nitrogens is 3. The SMILES string of the molecule is O=C1CC(c2ccccc2)CC2=C1C(c1ccc3c(c1)OCCO3)n1nc(CO)nc1N2. The van der Waals surface area contributed by atoms with Gasteiger partial charge in [-0.1, -0.05) is 36.4 Å². The first-order valence-corrected chi connectivity index (χ1v) is 10.8. The van der Waals surface area contributed by atoms with Crippen molar-refractivity contribution >= 4 is 11.7 Å². The summed E-state index contributed by atoms with van der Waals surface area (Å²) in [6.45, 7) is 0.722. The van der Waals surface area contributed by atoms with Crippen molar-refractivity contribution in [3.05, 3.63) is 76.8 Å². The maximum Gasteiger partial charge on any atom is 0.226 e. The van der Waals surface area contributed by atoms with Crippen LogP contribution in [0.2, 0.25) is 0 Å². The Hall–Kier alpha value is -3.65. The number of benzene rings is 2. The number of nitrogens with zero attached hydrogens (tertiary/aromatic N) is 3. The summed E-state index contributed by atoms with van der Waals surface area (Å²) >= 11 is 0. The zero-order valence-electron chi connectivity index (χ0n) is 17.3. The molecule has 2 aliphatic heterocycles. The minimum atomic E-state index is -0.450. The van der Waals surface area contributed by atoms with Crippen molar-refractivity contribution in [2.24, 2.45) is 0 Å². The van der Waals surface area contributed by atoms with Crippen LogP contribution < -0.4 is 14.8 Å². The molecule has 0 bridgehead atoms. The molecule has 0 spiro atoms. The van der Waals surface area contributed by atoms with E-state index >= 15 is 0 Å². The molecule has 0 radical (unpaired) electrons. The second-order valence-electron chi connectivity index (χ2n) is 8.22. The van der Waals surface area contributed by atoms with E-state index in [0.717, 1.165) is 16.8 Å². The summed E-state index contributed by atoms with van der Waals surface area (Å²) in [5.41, 5.74) is 3.56. The molecule has 1 aliphatic carbocycles. The van der Waals surface area contributed by atoms with E-state index < -0.39 is 6.04 Å². The predicted molar refractivity (Wildman–Crippen MR) is 116 cm³/mol. The average Bonchev–Trinajstić information content (AvgIpc) is 3.25. The van der Waals surface area contributed by atoms with Crippen LogP contribution in [0.4, 0.5) is 5.95 Å². The number of rotatable bonds is 3. The van der Waals surface area contributed by atoms with Crippen LogP contribution in [-0.4, -0.2) is 38.9 Å². The zero-order valence-corrected chi connectivity index (χ0v) is 17.3. The molecule has 3 heterocycles. The van der Waals surface area contributed by atoms with Gasteiger partial charge in [0.25, 0.3) is 0 Å². The molecule has 2 aromatic carbocycles. The number of ketones is 1. The highest BCUT2D eigenvalue weighted by atomic mass is 16.6. The fourth-order valence-electron chi connectivity index (χ4n) is 4.82. The Bertz CT molecular complexity index is 1230. The van der Waals surface area contributed by atoms with E-state index in [1.54, 1.807) is 4.68 Å². The lowest BCUT2D eigenvalue weighted by Crippen LogP contribution is -2.33. The molecule has 162 valence electrons. The summed E-state index contributed by atoms with van der Waals surface area (Å²) < 4.78 is 13.1. The Morgan fingerprint density at radius 1 is 1.03 bits per heavy atom. The van der Waals surface area contributed by atoms with Crippen molar-refractivity contribution in [1.82, 2.24) is 14.8 Å². The highest BCUT2D eigenvalue weighted by molar-refractivity contribution is 6.00. The summed E-state index contributed by atoms with van der Waals surface area (Å²) in [5.74, 6) is 2.36. The van der Waals surface area contributed by atoms with E-state index in [2.05, 4.69) is 27.5 Å². The standard InChI is InChI=1S/C24H22N4O4/c29-13-21-26-24-25-17-10-16(14-4-2-1-3-5-14)11-18(30)22(17)23(28(24)27-21)15-6-7-19-20(12-15)32-9-8-31-19/h1-7,12,16,23,29H,8-11,13H2,(H,25,26,27). The highest BCUT2D eigenvalue weighted by Gasteiger charge is 2.40. The second-order valence-corrected chi connectivity index (χ2v) is 8.22. The van der Waals surface area contributed by atoms with Gasteiger partial charge < -0.3 is 19.9 Å². The molecule has 32 heavy (non-hydrogen) atoms. The summed E-state index contributed by atoms with van der Waals surface area (Å²) in [5, 5.41) is 17.4. The van der Waals surface area contributed by atoms with Gasteiger partial charge in [-0.05, 0) is 35.6 Å². The number of allylic oxidation sites excluding steroid dienone is 2. The third-order valence-electron chi connectivity index (χ3n) is 6.26. The maximum absolute atomic E-state index is 13.5. The van der Waals surface area contributed by atoms with Gasteiger partial charge in [-0.25, -0.2) is 4.68 Å². The summed E-state index contributed by atoms with van der Waals surface area (Å²) in [7, 11) is 0. The minimum Gasteiger partial charge on any atom is -0.486 e. The number of Topliss-reactive ketones (excluding diaryl/α,β-unsaturated/α-hetero) is 1.